The first kappa shape index (κ1) is 13.2. The van der Waals surface area contributed by atoms with Gasteiger partial charge in [-0.15, -0.1) is 11.6 Å². The van der Waals surface area contributed by atoms with Crippen molar-refractivity contribution in [3.63, 3.8) is 0 Å². The minimum Gasteiger partial charge on any atom is -0.479 e. The predicted molar refractivity (Wildman–Crippen MR) is 71.5 cm³/mol. The van der Waals surface area contributed by atoms with Crippen LogP contribution in [-0.2, 0) is 16.1 Å². The number of amides is 1. The van der Waals surface area contributed by atoms with Crippen molar-refractivity contribution in [3.05, 3.63) is 35.9 Å². The molecule has 0 aromatic heterocycles. The fourth-order valence-corrected chi connectivity index (χ4v) is 3.60. The Hall–Kier alpha value is -1.75. The molecule has 1 amide bonds. The lowest BCUT2D eigenvalue weighted by Crippen LogP contribution is -2.57. The van der Waals surface area contributed by atoms with E-state index in [4.69, 9.17) is 16.3 Å². The zero-order valence-electron chi connectivity index (χ0n) is 10.7. The molecule has 2 saturated heterocycles. The first-order chi connectivity index (χ1) is 9.45. The average Bonchev–Trinajstić information content (AvgIpc) is 2.87. The van der Waals surface area contributed by atoms with Crippen molar-refractivity contribution < 1.29 is 19.4 Å². The third-order valence-electron chi connectivity index (χ3n) is 4.00. The minimum absolute atomic E-state index is 0.126. The number of hydrogen-bond acceptors (Lipinski definition) is 3. The lowest BCUT2D eigenvalue weighted by atomic mass is 9.72. The second-order valence-electron chi connectivity index (χ2n) is 5.47. The number of benzene rings is 1. The molecular weight excluding hydrogens is 282 g/mol. The fraction of sp³-hybridized carbons (Fsp3) is 0.429. The molecule has 1 N–H and O–H groups in total. The van der Waals surface area contributed by atoms with Gasteiger partial charge in [0, 0.05) is 19.4 Å². The second-order valence-corrected chi connectivity index (χ2v) is 6.27. The molecule has 1 aromatic carbocycles. The molecule has 0 unspecified atom stereocenters. The van der Waals surface area contributed by atoms with Crippen LogP contribution in [0, 0.1) is 0 Å². The molecule has 5 nitrogen and oxygen atoms in total. The highest BCUT2D eigenvalue weighted by Gasteiger charge is 2.71. The Bertz CT molecular complexity index is 554. The van der Waals surface area contributed by atoms with Gasteiger partial charge in [-0.05, 0) is 5.56 Å². The number of rotatable bonds is 3. The Morgan fingerprint density at radius 3 is 2.55 bits per heavy atom. The van der Waals surface area contributed by atoms with Gasteiger partial charge in [0.1, 0.15) is 12.1 Å². The Morgan fingerprint density at radius 1 is 1.30 bits per heavy atom. The van der Waals surface area contributed by atoms with E-state index in [9.17, 15) is 14.7 Å². The molecule has 1 aliphatic carbocycles. The average molecular weight is 296 g/mol. The maximum Gasteiger partial charge on any atom is 0.411 e. The van der Waals surface area contributed by atoms with E-state index in [1.165, 1.54) is 4.90 Å². The monoisotopic (exact) mass is 295 g/mol. The summed E-state index contributed by atoms with van der Waals surface area (Å²) in [5, 5.41) is 9.32. The van der Waals surface area contributed by atoms with Crippen LogP contribution in [-0.4, -0.2) is 39.0 Å². The van der Waals surface area contributed by atoms with Gasteiger partial charge in [0.25, 0.3) is 0 Å². The van der Waals surface area contributed by atoms with Gasteiger partial charge in [-0.3, -0.25) is 4.90 Å². The molecule has 2 bridgehead atoms. The van der Waals surface area contributed by atoms with Crippen molar-refractivity contribution in [2.24, 2.45) is 0 Å². The first-order valence-corrected chi connectivity index (χ1v) is 6.74. The highest BCUT2D eigenvalue weighted by atomic mass is 35.5. The molecule has 4 rings (SSSR count). The number of carbonyl (C=O) groups is 2. The summed E-state index contributed by atoms with van der Waals surface area (Å²) < 4.78 is 5.19. The minimum atomic E-state index is -1.17. The van der Waals surface area contributed by atoms with Gasteiger partial charge >= 0.3 is 12.1 Å². The van der Waals surface area contributed by atoms with E-state index in [0.717, 1.165) is 5.56 Å². The number of alkyl halides is 1. The highest BCUT2D eigenvalue weighted by molar-refractivity contribution is 6.26. The van der Waals surface area contributed by atoms with Gasteiger partial charge < -0.3 is 9.84 Å². The van der Waals surface area contributed by atoms with E-state index in [2.05, 4.69) is 0 Å². The van der Waals surface area contributed by atoms with Gasteiger partial charge in [-0.2, -0.15) is 0 Å². The summed E-state index contributed by atoms with van der Waals surface area (Å²) in [6.07, 6.45) is -0.0365. The Balaban J connectivity index is 1.67. The SMILES string of the molecule is O=C(OCc1ccccc1)N1CC2(Cl)CC1(C(=O)O)C2. The zero-order valence-corrected chi connectivity index (χ0v) is 11.5. The van der Waals surface area contributed by atoms with Crippen LogP contribution < -0.4 is 0 Å². The third-order valence-corrected chi connectivity index (χ3v) is 4.39. The number of halogens is 1. The highest BCUT2D eigenvalue weighted by Crippen LogP contribution is 2.57. The van der Waals surface area contributed by atoms with E-state index in [1.54, 1.807) is 0 Å². The summed E-state index contributed by atoms with van der Waals surface area (Å²) in [5.41, 5.74) is -0.312. The van der Waals surface area contributed by atoms with Crippen molar-refractivity contribution in [1.29, 1.82) is 0 Å². The van der Waals surface area contributed by atoms with Crippen molar-refractivity contribution in [3.8, 4) is 0 Å². The number of ether oxygens (including phenoxy) is 1. The molecule has 0 radical (unpaired) electrons. The molecule has 106 valence electrons. The lowest BCUT2D eigenvalue weighted by Gasteiger charge is -2.40. The molecule has 20 heavy (non-hydrogen) atoms. The number of carbonyl (C=O) groups excluding carboxylic acids is 1. The van der Waals surface area contributed by atoms with Crippen LogP contribution in [0.1, 0.15) is 18.4 Å². The molecule has 1 aromatic rings. The van der Waals surface area contributed by atoms with E-state index < -0.39 is 22.5 Å². The lowest BCUT2D eigenvalue weighted by molar-refractivity contribution is -0.151. The number of carboxylic acids is 1. The summed E-state index contributed by atoms with van der Waals surface area (Å²) in [7, 11) is 0. The van der Waals surface area contributed by atoms with Crippen molar-refractivity contribution in [2.45, 2.75) is 29.9 Å². The summed E-state index contributed by atoms with van der Waals surface area (Å²) in [4.78, 5) is 24.1. The van der Waals surface area contributed by atoms with Crippen LogP contribution >= 0.6 is 11.6 Å². The number of carboxylic acid groups (broad SMARTS) is 1. The number of hydrogen-bond donors (Lipinski definition) is 1. The summed E-state index contributed by atoms with van der Waals surface area (Å²) in [5.74, 6) is -1.01. The van der Waals surface area contributed by atoms with Crippen LogP contribution in [0.25, 0.3) is 0 Å². The van der Waals surface area contributed by atoms with Gasteiger partial charge in [-0.1, -0.05) is 30.3 Å². The third kappa shape index (κ3) is 1.93. The van der Waals surface area contributed by atoms with Gasteiger partial charge in [-0.25, -0.2) is 9.59 Å². The molecular formula is C14H14ClNO4. The van der Waals surface area contributed by atoms with Gasteiger partial charge in [0.05, 0.1) is 4.87 Å². The molecule has 6 heteroatoms. The summed E-state index contributed by atoms with van der Waals surface area (Å²) >= 11 is 6.21. The van der Waals surface area contributed by atoms with E-state index in [0.29, 0.717) is 0 Å². The second kappa shape index (κ2) is 4.38. The summed E-state index contributed by atoms with van der Waals surface area (Å²) in [6, 6.07) is 9.25. The van der Waals surface area contributed by atoms with Gasteiger partial charge in [0.2, 0.25) is 0 Å². The molecule has 0 spiro atoms. The number of nitrogens with zero attached hydrogens (tertiary/aromatic N) is 1. The molecule has 0 atom stereocenters. The summed E-state index contributed by atoms with van der Waals surface area (Å²) in [6.45, 7) is 0.357. The largest absolute Gasteiger partial charge is 0.479 e. The Morgan fingerprint density at radius 2 is 1.95 bits per heavy atom. The number of aliphatic carboxylic acids is 1. The van der Waals surface area contributed by atoms with E-state index in [-0.39, 0.29) is 26.0 Å². The topological polar surface area (TPSA) is 66.8 Å². The Kier molecular flexibility index (Phi) is 2.90. The zero-order chi connectivity index (χ0) is 14.4. The number of fused-ring (bicyclic) bond motifs is 1. The van der Waals surface area contributed by atoms with Crippen LogP contribution in [0.15, 0.2) is 30.3 Å². The molecule has 3 fully saturated rings. The van der Waals surface area contributed by atoms with Crippen molar-refractivity contribution in [2.75, 3.05) is 6.54 Å². The quantitative estimate of drug-likeness (QED) is 0.868. The van der Waals surface area contributed by atoms with Crippen LogP contribution in [0.3, 0.4) is 0 Å². The fourth-order valence-electron chi connectivity index (χ4n) is 3.04. The molecule has 3 aliphatic rings. The maximum absolute atomic E-state index is 12.1. The van der Waals surface area contributed by atoms with Crippen molar-refractivity contribution >= 4 is 23.7 Å². The van der Waals surface area contributed by atoms with E-state index in [1.807, 2.05) is 30.3 Å². The van der Waals surface area contributed by atoms with Crippen LogP contribution in [0.2, 0.25) is 0 Å². The van der Waals surface area contributed by atoms with Crippen LogP contribution in [0.5, 0.6) is 0 Å². The molecule has 1 saturated carbocycles. The van der Waals surface area contributed by atoms with E-state index >= 15 is 0 Å². The predicted octanol–water partition coefficient (Wildman–Crippen LogP) is 2.23. The molecule has 2 heterocycles. The normalized spacial score (nSPS) is 30.8. The smallest absolute Gasteiger partial charge is 0.411 e. The van der Waals surface area contributed by atoms with Gasteiger partial charge in [0.15, 0.2) is 0 Å². The molecule has 2 aliphatic heterocycles. The Labute approximate surface area is 121 Å². The standard InChI is InChI=1S/C14H14ClNO4/c15-13-7-14(8-13,11(17)18)16(9-13)12(19)20-6-10-4-2-1-3-5-10/h1-5H,6-9H2,(H,17,18). The van der Waals surface area contributed by atoms with Crippen molar-refractivity contribution in [1.82, 2.24) is 4.90 Å². The van der Waals surface area contributed by atoms with Crippen LogP contribution in [0.4, 0.5) is 4.79 Å². The first-order valence-electron chi connectivity index (χ1n) is 6.36. The maximum atomic E-state index is 12.1.